The molecule has 3 heteroatoms. The van der Waals surface area contributed by atoms with Crippen LogP contribution in [0.4, 0.5) is 17.1 Å². The highest BCUT2D eigenvalue weighted by atomic mass is 16.3. The molecule has 11 aromatic rings. The summed E-state index contributed by atoms with van der Waals surface area (Å²) in [5.41, 5.74) is 8.69. The topological polar surface area (TPSA) is 29.5 Å². The Morgan fingerprint density at radius 2 is 0.843 bits per heavy atom. The first-order chi connectivity index (χ1) is 25.3. The van der Waals surface area contributed by atoms with E-state index in [1.165, 1.54) is 32.3 Å². The molecular weight excluding hydrogens is 623 g/mol. The minimum absolute atomic E-state index is 0.843. The first kappa shape index (κ1) is 28.0. The van der Waals surface area contributed by atoms with Crippen LogP contribution in [0.5, 0.6) is 0 Å². The number of anilines is 3. The number of hydrogen-bond donors (Lipinski definition) is 0. The van der Waals surface area contributed by atoms with Gasteiger partial charge in [0, 0.05) is 27.1 Å². The predicted octanol–water partition coefficient (Wildman–Crippen LogP) is 14.1. The Morgan fingerprint density at radius 3 is 1.71 bits per heavy atom. The monoisotopic (exact) mass is 651 g/mol. The summed E-state index contributed by atoms with van der Waals surface area (Å²) in [7, 11) is 0. The van der Waals surface area contributed by atoms with Crippen molar-refractivity contribution in [2.45, 2.75) is 0 Å². The van der Waals surface area contributed by atoms with Crippen LogP contribution in [-0.4, -0.2) is 0 Å². The third-order valence-electron chi connectivity index (χ3n) is 10.4. The summed E-state index contributed by atoms with van der Waals surface area (Å²) < 4.78 is 13.7. The Hall–Kier alpha value is -6.84. The van der Waals surface area contributed by atoms with Crippen molar-refractivity contribution in [3.63, 3.8) is 0 Å². The van der Waals surface area contributed by atoms with E-state index in [9.17, 15) is 0 Å². The molecule has 0 aliphatic rings. The van der Waals surface area contributed by atoms with Gasteiger partial charge < -0.3 is 13.7 Å². The van der Waals surface area contributed by atoms with Crippen molar-refractivity contribution in [1.29, 1.82) is 0 Å². The van der Waals surface area contributed by atoms with Gasteiger partial charge in [-0.2, -0.15) is 0 Å². The van der Waals surface area contributed by atoms with E-state index in [0.717, 1.165) is 72.1 Å². The second kappa shape index (κ2) is 10.8. The van der Waals surface area contributed by atoms with Crippen molar-refractivity contribution < 1.29 is 8.83 Å². The Kier molecular flexibility index (Phi) is 5.96. The second-order valence-corrected chi connectivity index (χ2v) is 13.2. The van der Waals surface area contributed by atoms with E-state index in [-0.39, 0.29) is 0 Å². The number of rotatable bonds is 4. The summed E-state index contributed by atoms with van der Waals surface area (Å²) in [5.74, 6) is 0. The van der Waals surface area contributed by atoms with E-state index >= 15 is 0 Å². The molecule has 0 spiro atoms. The maximum atomic E-state index is 6.89. The highest BCUT2D eigenvalue weighted by molar-refractivity contribution is 6.22. The average molecular weight is 652 g/mol. The second-order valence-electron chi connectivity index (χ2n) is 13.2. The molecule has 0 unspecified atom stereocenters. The van der Waals surface area contributed by atoms with E-state index in [2.05, 4.69) is 169 Å². The van der Waals surface area contributed by atoms with Crippen LogP contribution in [0.3, 0.4) is 0 Å². The maximum absolute atomic E-state index is 6.89. The van der Waals surface area contributed by atoms with Gasteiger partial charge in [0.1, 0.15) is 16.7 Å². The number of furan rings is 2. The first-order valence-electron chi connectivity index (χ1n) is 17.4. The van der Waals surface area contributed by atoms with Crippen LogP contribution in [0.2, 0.25) is 0 Å². The summed E-state index contributed by atoms with van der Waals surface area (Å²) >= 11 is 0. The molecule has 0 bridgehead atoms. The Balaban J connectivity index is 1.31. The van der Waals surface area contributed by atoms with Crippen molar-refractivity contribution >= 4 is 93.3 Å². The van der Waals surface area contributed by atoms with Crippen molar-refractivity contribution in [2.24, 2.45) is 0 Å². The van der Waals surface area contributed by atoms with E-state index in [4.69, 9.17) is 8.83 Å². The Labute approximate surface area is 293 Å². The minimum Gasteiger partial charge on any atom is -0.455 e. The fraction of sp³-hybridized carbons (Fsp3) is 0. The molecule has 0 radical (unpaired) electrons. The van der Waals surface area contributed by atoms with E-state index in [1.54, 1.807) is 0 Å². The lowest BCUT2D eigenvalue weighted by Crippen LogP contribution is -2.11. The lowest BCUT2D eigenvalue weighted by atomic mass is 9.95. The van der Waals surface area contributed by atoms with Crippen molar-refractivity contribution in [3.8, 4) is 11.1 Å². The summed E-state index contributed by atoms with van der Waals surface area (Å²) in [6.07, 6.45) is 0. The van der Waals surface area contributed by atoms with Crippen LogP contribution in [0, 0.1) is 0 Å². The van der Waals surface area contributed by atoms with E-state index in [1.807, 2.05) is 12.1 Å². The third kappa shape index (κ3) is 4.12. The molecule has 0 N–H and O–H groups in total. The summed E-state index contributed by atoms with van der Waals surface area (Å²) in [5, 5.41) is 11.5. The summed E-state index contributed by atoms with van der Waals surface area (Å²) in [6, 6.07) is 62.5. The van der Waals surface area contributed by atoms with Crippen molar-refractivity contribution in [2.75, 3.05) is 4.90 Å². The minimum atomic E-state index is 0.843. The zero-order valence-corrected chi connectivity index (χ0v) is 27.5. The number of nitrogens with zero attached hydrogens (tertiary/aromatic N) is 1. The molecule has 0 fully saturated rings. The zero-order valence-electron chi connectivity index (χ0n) is 27.5. The van der Waals surface area contributed by atoms with Crippen molar-refractivity contribution in [1.82, 2.24) is 0 Å². The molecule has 238 valence electrons. The third-order valence-corrected chi connectivity index (χ3v) is 10.4. The van der Waals surface area contributed by atoms with Crippen LogP contribution >= 0.6 is 0 Å². The highest BCUT2D eigenvalue weighted by Gasteiger charge is 2.26. The molecule has 0 saturated carbocycles. The van der Waals surface area contributed by atoms with Crippen LogP contribution in [0.25, 0.3) is 87.3 Å². The SMILES string of the molecule is c1ccc2c(-c3ccc(N(c4cccc5c4oc4ccccc45)c4cccc5ccc6ccccc6c45)c4c3oc3ccccc34)cccc2c1. The molecule has 0 atom stereocenters. The quantitative estimate of drug-likeness (QED) is 0.177. The molecule has 3 nitrogen and oxygen atoms in total. The van der Waals surface area contributed by atoms with Crippen LogP contribution in [0.1, 0.15) is 0 Å². The summed E-state index contributed by atoms with van der Waals surface area (Å²) in [6.45, 7) is 0. The van der Waals surface area contributed by atoms with Gasteiger partial charge in [-0.1, -0.05) is 140 Å². The molecular formula is C48H29NO2. The van der Waals surface area contributed by atoms with Gasteiger partial charge in [-0.3, -0.25) is 0 Å². The van der Waals surface area contributed by atoms with Gasteiger partial charge in [0.25, 0.3) is 0 Å². The molecule has 0 amide bonds. The van der Waals surface area contributed by atoms with Gasteiger partial charge in [-0.15, -0.1) is 0 Å². The molecule has 9 aromatic carbocycles. The smallest absolute Gasteiger partial charge is 0.159 e. The molecule has 0 aliphatic heterocycles. The Bertz CT molecular complexity index is 3160. The normalized spacial score (nSPS) is 11.9. The largest absolute Gasteiger partial charge is 0.455 e. The number of fused-ring (bicyclic) bond motifs is 10. The maximum Gasteiger partial charge on any atom is 0.159 e. The molecule has 51 heavy (non-hydrogen) atoms. The van der Waals surface area contributed by atoms with Crippen molar-refractivity contribution in [3.05, 3.63) is 176 Å². The Morgan fingerprint density at radius 1 is 0.294 bits per heavy atom. The fourth-order valence-electron chi connectivity index (χ4n) is 8.19. The zero-order chi connectivity index (χ0) is 33.5. The molecule has 11 rings (SSSR count). The van der Waals surface area contributed by atoms with Gasteiger partial charge in [-0.25, -0.2) is 0 Å². The number of hydrogen-bond acceptors (Lipinski definition) is 3. The molecule has 0 saturated heterocycles. The van der Waals surface area contributed by atoms with Crippen LogP contribution in [-0.2, 0) is 0 Å². The number of benzene rings is 9. The standard InChI is InChI=1S/C48H29NO2/c1-3-16-33-30(12-1)14-9-20-35(33)38-28-29-41(46-39-19-6-8-25-44(39)51-48(38)46)49(42-23-11-21-37-36-18-5-7-24-43(36)50-47(37)42)40-22-10-15-32-27-26-31-13-2-4-17-34(31)45(32)40/h1-29H. The highest BCUT2D eigenvalue weighted by Crippen LogP contribution is 2.50. The predicted molar refractivity (Wildman–Crippen MR) is 214 cm³/mol. The van der Waals surface area contributed by atoms with E-state index < -0.39 is 0 Å². The van der Waals surface area contributed by atoms with E-state index in [0.29, 0.717) is 0 Å². The number of para-hydroxylation sites is 3. The molecule has 0 aliphatic carbocycles. The van der Waals surface area contributed by atoms with Gasteiger partial charge >= 0.3 is 0 Å². The van der Waals surface area contributed by atoms with Gasteiger partial charge in [0.2, 0.25) is 0 Å². The molecule has 2 heterocycles. The van der Waals surface area contributed by atoms with Gasteiger partial charge in [-0.05, 0) is 68.9 Å². The fourth-order valence-corrected chi connectivity index (χ4v) is 8.19. The van der Waals surface area contributed by atoms with Crippen LogP contribution < -0.4 is 4.90 Å². The molecule has 2 aromatic heterocycles. The first-order valence-corrected chi connectivity index (χ1v) is 17.4. The van der Waals surface area contributed by atoms with Crippen LogP contribution in [0.15, 0.2) is 185 Å². The lowest BCUT2D eigenvalue weighted by Gasteiger charge is -2.28. The lowest BCUT2D eigenvalue weighted by molar-refractivity contribution is 0.668. The van der Waals surface area contributed by atoms with Gasteiger partial charge in [0.05, 0.1) is 22.4 Å². The van der Waals surface area contributed by atoms with Gasteiger partial charge in [0.15, 0.2) is 5.58 Å². The summed E-state index contributed by atoms with van der Waals surface area (Å²) in [4.78, 5) is 2.40. The average Bonchev–Trinajstić information content (AvgIpc) is 3.78.